The van der Waals surface area contributed by atoms with E-state index in [4.69, 9.17) is 0 Å². The van der Waals surface area contributed by atoms with Gasteiger partial charge in [0.15, 0.2) is 0 Å². The van der Waals surface area contributed by atoms with Crippen molar-refractivity contribution in [2.75, 3.05) is 0 Å². The molecule has 2 aliphatic rings. The molecule has 1 unspecified atom stereocenters. The molecule has 0 saturated heterocycles. The third-order valence-corrected chi connectivity index (χ3v) is 6.53. The van der Waals surface area contributed by atoms with Crippen LogP contribution in [0.1, 0.15) is 56.1 Å². The molecule has 1 fully saturated rings. The Kier molecular flexibility index (Phi) is 7.05. The molecule has 0 bridgehead atoms. The molecule has 1 saturated carbocycles. The number of hydrogen-bond donors (Lipinski definition) is 1. The summed E-state index contributed by atoms with van der Waals surface area (Å²) in [5, 5.41) is 1.99. The average Bonchev–Trinajstić information content (AvgIpc) is 3.12. The van der Waals surface area contributed by atoms with Gasteiger partial charge in [-0.15, -0.1) is 0 Å². The maximum absolute atomic E-state index is 14.5. The summed E-state index contributed by atoms with van der Waals surface area (Å²) in [5.74, 6) is -1.89. The van der Waals surface area contributed by atoms with Crippen LogP contribution in [-0.2, 0) is 16.1 Å². The molecule has 0 radical (unpaired) electrons. The van der Waals surface area contributed by atoms with Gasteiger partial charge in [0.1, 0.15) is 5.84 Å². The molecular weight excluding hydrogens is 443 g/mol. The van der Waals surface area contributed by atoms with Gasteiger partial charge in [-0.3, -0.25) is 14.5 Å². The topological polar surface area (TPSA) is 61.8 Å². The fourth-order valence-electron chi connectivity index (χ4n) is 4.69. The van der Waals surface area contributed by atoms with Crippen LogP contribution >= 0.6 is 0 Å². The number of amides is 2. The van der Waals surface area contributed by atoms with E-state index in [0.717, 1.165) is 37.0 Å². The van der Waals surface area contributed by atoms with Gasteiger partial charge in [0.2, 0.25) is 5.91 Å². The highest BCUT2D eigenvalue weighted by Crippen LogP contribution is 2.39. The van der Waals surface area contributed by atoms with E-state index in [2.05, 4.69) is 4.99 Å². The zero-order valence-electron chi connectivity index (χ0n) is 18.9. The molecule has 34 heavy (non-hydrogen) atoms. The third-order valence-electron chi connectivity index (χ3n) is 6.53. The zero-order valence-corrected chi connectivity index (χ0v) is 18.9. The number of benzene rings is 2. The van der Waals surface area contributed by atoms with E-state index in [-0.39, 0.29) is 18.8 Å². The first kappa shape index (κ1) is 24.0. The highest BCUT2D eigenvalue weighted by atomic mass is 19.4. The summed E-state index contributed by atoms with van der Waals surface area (Å²) in [7, 11) is 0. The molecule has 0 aromatic heterocycles. The van der Waals surface area contributed by atoms with E-state index in [9.17, 15) is 22.8 Å². The van der Waals surface area contributed by atoms with Crippen LogP contribution in [0, 0.1) is 5.92 Å². The first-order valence-corrected chi connectivity index (χ1v) is 11.7. The number of hydrogen-bond acceptors (Lipinski definition) is 3. The standard InChI is InChI=1S/C26H28F3N3O2/c27-26(28,29)25(30-22(33)17-16-19-10-4-1-5-11-19)24(34)32(18-20-12-6-2-7-13-20)23(31-25)21-14-8-3-9-15-21/h2-3,6-9,12-15,19H,1,4-5,10-11,16-18H2,(H,30,33). The van der Waals surface area contributed by atoms with Crippen LogP contribution in [0.3, 0.4) is 0 Å². The van der Waals surface area contributed by atoms with Crippen LogP contribution in [0.4, 0.5) is 13.2 Å². The summed E-state index contributed by atoms with van der Waals surface area (Å²) >= 11 is 0. The Morgan fingerprint density at radius 2 is 1.62 bits per heavy atom. The molecule has 1 aliphatic heterocycles. The van der Waals surface area contributed by atoms with E-state index in [1.165, 1.54) is 0 Å². The number of amidine groups is 1. The molecule has 8 heteroatoms. The second-order valence-electron chi connectivity index (χ2n) is 8.98. The number of aliphatic imine (C=N–C) groups is 1. The van der Waals surface area contributed by atoms with Crippen LogP contribution in [0.25, 0.3) is 0 Å². The number of halogens is 3. The number of carbonyl (C=O) groups is 2. The summed E-state index contributed by atoms with van der Waals surface area (Å²) in [4.78, 5) is 31.0. The van der Waals surface area contributed by atoms with Gasteiger partial charge in [0.05, 0.1) is 6.54 Å². The van der Waals surface area contributed by atoms with Crippen molar-refractivity contribution in [1.29, 1.82) is 0 Å². The summed E-state index contributed by atoms with van der Waals surface area (Å²) in [6.07, 6.45) is 0.628. The minimum absolute atomic E-state index is 0.0648. The Bertz CT molecular complexity index is 1030. The monoisotopic (exact) mass is 471 g/mol. The van der Waals surface area contributed by atoms with Gasteiger partial charge in [-0.05, 0) is 17.9 Å². The van der Waals surface area contributed by atoms with Gasteiger partial charge in [0.25, 0.3) is 5.91 Å². The second kappa shape index (κ2) is 9.99. The minimum Gasteiger partial charge on any atom is -0.316 e. The van der Waals surface area contributed by atoms with Gasteiger partial charge >= 0.3 is 11.8 Å². The number of alkyl halides is 3. The molecule has 2 aromatic carbocycles. The summed E-state index contributed by atoms with van der Waals surface area (Å²) in [5.41, 5.74) is -2.31. The predicted molar refractivity (Wildman–Crippen MR) is 123 cm³/mol. The molecule has 1 heterocycles. The van der Waals surface area contributed by atoms with E-state index >= 15 is 0 Å². The zero-order chi connectivity index (χ0) is 24.2. The number of carbonyl (C=O) groups excluding carboxylic acids is 2. The Labute approximate surface area is 197 Å². The SMILES string of the molecule is O=C(CCC1CCCCC1)NC1(C(F)(F)F)N=C(c2ccccc2)N(Cc2ccccc2)C1=O. The van der Waals surface area contributed by atoms with Crippen molar-refractivity contribution in [3.63, 3.8) is 0 Å². The van der Waals surface area contributed by atoms with E-state index in [0.29, 0.717) is 23.5 Å². The van der Waals surface area contributed by atoms with Gasteiger partial charge in [-0.25, -0.2) is 4.99 Å². The Hall–Kier alpha value is -3.16. The normalized spacial score (nSPS) is 21.4. The Morgan fingerprint density at radius 1 is 1.00 bits per heavy atom. The Morgan fingerprint density at radius 3 is 2.24 bits per heavy atom. The number of nitrogens with zero attached hydrogens (tertiary/aromatic N) is 2. The lowest BCUT2D eigenvalue weighted by Crippen LogP contribution is -2.63. The quantitative estimate of drug-likeness (QED) is 0.603. The lowest BCUT2D eigenvalue weighted by atomic mass is 9.86. The van der Waals surface area contributed by atoms with Crippen LogP contribution in [0.5, 0.6) is 0 Å². The summed E-state index contributed by atoms with van der Waals surface area (Å²) in [6, 6.07) is 17.0. The van der Waals surface area contributed by atoms with Crippen molar-refractivity contribution >= 4 is 17.6 Å². The van der Waals surface area contributed by atoms with Crippen molar-refractivity contribution in [2.45, 2.75) is 63.3 Å². The highest BCUT2D eigenvalue weighted by Gasteiger charge is 2.67. The van der Waals surface area contributed by atoms with Gasteiger partial charge in [-0.1, -0.05) is 92.8 Å². The van der Waals surface area contributed by atoms with Crippen LogP contribution in [0.15, 0.2) is 65.7 Å². The molecule has 0 spiro atoms. The molecule has 1 N–H and O–H groups in total. The van der Waals surface area contributed by atoms with Crippen LogP contribution in [0.2, 0.25) is 0 Å². The molecule has 4 rings (SSSR count). The summed E-state index contributed by atoms with van der Waals surface area (Å²) < 4.78 is 43.4. The van der Waals surface area contributed by atoms with Gasteiger partial charge in [0, 0.05) is 12.0 Å². The number of nitrogens with one attached hydrogen (secondary N) is 1. The van der Waals surface area contributed by atoms with Crippen LogP contribution < -0.4 is 5.32 Å². The highest BCUT2D eigenvalue weighted by molar-refractivity contribution is 6.16. The predicted octanol–water partition coefficient (Wildman–Crippen LogP) is 5.21. The van der Waals surface area contributed by atoms with Crippen molar-refractivity contribution < 1.29 is 22.8 Å². The summed E-state index contributed by atoms with van der Waals surface area (Å²) in [6.45, 7) is -0.0941. The minimum atomic E-state index is -5.10. The maximum atomic E-state index is 14.5. The second-order valence-corrected chi connectivity index (χ2v) is 8.98. The molecule has 5 nitrogen and oxygen atoms in total. The first-order chi connectivity index (χ1) is 16.3. The Balaban J connectivity index is 1.64. The first-order valence-electron chi connectivity index (χ1n) is 11.7. The van der Waals surface area contributed by atoms with Crippen molar-refractivity contribution in [3.8, 4) is 0 Å². The molecular formula is C26H28F3N3O2. The largest absolute Gasteiger partial charge is 0.442 e. The third kappa shape index (κ3) is 5.00. The smallest absolute Gasteiger partial charge is 0.316 e. The number of rotatable bonds is 7. The lowest BCUT2D eigenvalue weighted by Gasteiger charge is -2.29. The van der Waals surface area contributed by atoms with Crippen molar-refractivity contribution in [3.05, 3.63) is 71.8 Å². The van der Waals surface area contributed by atoms with Crippen molar-refractivity contribution in [2.24, 2.45) is 10.9 Å². The average molecular weight is 472 g/mol. The molecule has 1 atom stereocenters. The maximum Gasteiger partial charge on any atom is 0.442 e. The van der Waals surface area contributed by atoms with E-state index < -0.39 is 23.7 Å². The fourth-order valence-corrected chi connectivity index (χ4v) is 4.69. The lowest BCUT2D eigenvalue weighted by molar-refractivity contribution is -0.200. The van der Waals surface area contributed by atoms with E-state index in [1.54, 1.807) is 60.7 Å². The fraction of sp³-hybridized carbons (Fsp3) is 0.423. The van der Waals surface area contributed by atoms with Crippen LogP contribution in [-0.4, -0.2) is 34.4 Å². The molecule has 1 aliphatic carbocycles. The van der Waals surface area contributed by atoms with Crippen molar-refractivity contribution in [1.82, 2.24) is 10.2 Å². The van der Waals surface area contributed by atoms with Gasteiger partial charge in [-0.2, -0.15) is 13.2 Å². The van der Waals surface area contributed by atoms with E-state index in [1.807, 2.05) is 5.32 Å². The van der Waals surface area contributed by atoms with Gasteiger partial charge < -0.3 is 5.32 Å². The molecule has 180 valence electrons. The molecule has 2 aromatic rings. The molecule has 2 amide bonds.